The first-order valence-electron chi connectivity index (χ1n) is 10.8. The molecule has 0 aromatic rings. The Morgan fingerprint density at radius 2 is 2.11 bits per heavy atom. The van der Waals surface area contributed by atoms with Crippen LogP contribution in [0.1, 0.15) is 58.3 Å². The summed E-state index contributed by atoms with van der Waals surface area (Å²) in [7, 11) is 0. The number of rotatable bonds is 2. The van der Waals surface area contributed by atoms with E-state index in [1.807, 2.05) is 6.08 Å². The van der Waals surface area contributed by atoms with Gasteiger partial charge in [0, 0.05) is 17.9 Å². The van der Waals surface area contributed by atoms with Crippen molar-refractivity contribution in [3.8, 4) is 0 Å². The fourth-order valence-electron chi connectivity index (χ4n) is 7.97. The van der Waals surface area contributed by atoms with Gasteiger partial charge in [0.2, 0.25) is 0 Å². The zero-order valence-electron chi connectivity index (χ0n) is 16.3. The van der Waals surface area contributed by atoms with E-state index in [1.165, 1.54) is 12.0 Å². The summed E-state index contributed by atoms with van der Waals surface area (Å²) in [6.45, 7) is 6.47. The molecule has 4 aliphatic carbocycles. The molecule has 0 aromatic carbocycles. The summed E-state index contributed by atoms with van der Waals surface area (Å²) in [4.78, 5) is 24.0. The maximum absolute atomic E-state index is 12.0. The van der Waals surface area contributed by atoms with Gasteiger partial charge in [-0.05, 0) is 86.7 Å². The molecule has 1 aliphatic heterocycles. The van der Waals surface area contributed by atoms with Crippen molar-refractivity contribution < 1.29 is 14.3 Å². The van der Waals surface area contributed by atoms with Crippen LogP contribution in [0.4, 0.5) is 0 Å². The second-order valence-electron chi connectivity index (χ2n) is 9.51. The summed E-state index contributed by atoms with van der Waals surface area (Å²) >= 11 is 0. The molecule has 5 aliphatic rings. The number of carbonyl (C=O) groups excluding carboxylic acids is 2. The Kier molecular flexibility index (Phi) is 3.83. The van der Waals surface area contributed by atoms with Crippen LogP contribution in [-0.2, 0) is 14.3 Å². The highest BCUT2D eigenvalue weighted by molar-refractivity contribution is 5.91. The molecule has 1 heterocycles. The number of hydrogen-bond donors (Lipinski definition) is 0. The molecule has 5 rings (SSSR count). The minimum absolute atomic E-state index is 0.0732. The summed E-state index contributed by atoms with van der Waals surface area (Å²) in [6.07, 6.45) is 16.1. The molecular formula is C24H30O3. The third-order valence-corrected chi connectivity index (χ3v) is 8.97. The van der Waals surface area contributed by atoms with Crippen LogP contribution in [0.5, 0.6) is 0 Å². The Labute approximate surface area is 161 Å². The SMILES string of the molecule is C=C[C@@H]1CC2=CC(=O)CC[C@@H]2[C@H]2CC[C@@]3(CC)[C@@H](CC[C@@]34C=CC(=O)O4)[C@@H]21. The van der Waals surface area contributed by atoms with E-state index in [-0.39, 0.29) is 17.0 Å². The highest BCUT2D eigenvalue weighted by Crippen LogP contribution is 2.69. The average Bonchev–Trinajstić information content (AvgIpc) is 3.21. The Bertz CT molecular complexity index is 762. The van der Waals surface area contributed by atoms with Gasteiger partial charge < -0.3 is 4.74 Å². The van der Waals surface area contributed by atoms with Crippen molar-refractivity contribution in [1.29, 1.82) is 0 Å². The molecule has 3 fully saturated rings. The van der Waals surface area contributed by atoms with E-state index in [0.29, 0.717) is 41.8 Å². The molecule has 144 valence electrons. The molecule has 0 radical (unpaired) electrons. The highest BCUT2D eigenvalue weighted by atomic mass is 16.6. The van der Waals surface area contributed by atoms with E-state index in [4.69, 9.17) is 4.74 Å². The van der Waals surface area contributed by atoms with Crippen LogP contribution in [0.15, 0.2) is 36.5 Å². The number of ether oxygens (including phenoxy) is 1. The topological polar surface area (TPSA) is 43.4 Å². The summed E-state index contributed by atoms with van der Waals surface area (Å²) in [5.41, 5.74) is 1.09. The van der Waals surface area contributed by atoms with Gasteiger partial charge in [-0.25, -0.2) is 4.79 Å². The summed E-state index contributed by atoms with van der Waals surface area (Å²) in [6, 6.07) is 0. The fraction of sp³-hybridized carbons (Fsp3) is 0.667. The van der Waals surface area contributed by atoms with Gasteiger partial charge in [0.1, 0.15) is 5.60 Å². The van der Waals surface area contributed by atoms with Crippen molar-refractivity contribution in [3.05, 3.63) is 36.5 Å². The van der Waals surface area contributed by atoms with Gasteiger partial charge in [-0.1, -0.05) is 18.6 Å². The van der Waals surface area contributed by atoms with Crippen LogP contribution in [0.2, 0.25) is 0 Å². The van der Waals surface area contributed by atoms with Gasteiger partial charge in [-0.2, -0.15) is 0 Å². The fourth-order valence-corrected chi connectivity index (χ4v) is 7.97. The van der Waals surface area contributed by atoms with Crippen LogP contribution >= 0.6 is 0 Å². The third kappa shape index (κ3) is 2.20. The number of carbonyl (C=O) groups is 2. The zero-order valence-corrected chi connectivity index (χ0v) is 16.3. The molecule has 0 aromatic heterocycles. The minimum atomic E-state index is -0.376. The molecule has 0 amide bonds. The maximum atomic E-state index is 12.0. The molecular weight excluding hydrogens is 336 g/mol. The number of ketones is 1. The predicted octanol–water partition coefficient (Wildman–Crippen LogP) is 4.78. The van der Waals surface area contributed by atoms with Gasteiger partial charge in [-0.3, -0.25) is 4.79 Å². The van der Waals surface area contributed by atoms with Crippen molar-refractivity contribution >= 4 is 11.8 Å². The highest BCUT2D eigenvalue weighted by Gasteiger charge is 2.67. The molecule has 0 bridgehead atoms. The lowest BCUT2D eigenvalue weighted by Crippen LogP contribution is -2.55. The van der Waals surface area contributed by atoms with Gasteiger partial charge >= 0.3 is 5.97 Å². The smallest absolute Gasteiger partial charge is 0.331 e. The molecule has 0 saturated heterocycles. The minimum Gasteiger partial charge on any atom is -0.451 e. The van der Waals surface area contributed by atoms with Gasteiger partial charge in [0.15, 0.2) is 5.78 Å². The molecule has 27 heavy (non-hydrogen) atoms. The number of fused-ring (bicyclic) bond motifs is 6. The quantitative estimate of drug-likeness (QED) is 0.522. The van der Waals surface area contributed by atoms with Crippen LogP contribution in [-0.4, -0.2) is 17.4 Å². The summed E-state index contributed by atoms with van der Waals surface area (Å²) in [5.74, 6) is 3.02. The van der Waals surface area contributed by atoms with Gasteiger partial charge in [-0.15, -0.1) is 6.58 Å². The summed E-state index contributed by atoms with van der Waals surface area (Å²) < 4.78 is 6.01. The largest absolute Gasteiger partial charge is 0.451 e. The van der Waals surface area contributed by atoms with Crippen LogP contribution < -0.4 is 0 Å². The second-order valence-corrected chi connectivity index (χ2v) is 9.51. The third-order valence-electron chi connectivity index (χ3n) is 8.97. The Hall–Kier alpha value is -1.64. The Morgan fingerprint density at radius 1 is 1.26 bits per heavy atom. The molecule has 0 unspecified atom stereocenters. The Balaban J connectivity index is 1.55. The maximum Gasteiger partial charge on any atom is 0.331 e. The summed E-state index contributed by atoms with van der Waals surface area (Å²) in [5, 5.41) is 0. The van der Waals surface area contributed by atoms with Crippen molar-refractivity contribution in [2.45, 2.75) is 63.9 Å². The van der Waals surface area contributed by atoms with Crippen molar-refractivity contribution in [2.75, 3.05) is 0 Å². The van der Waals surface area contributed by atoms with E-state index >= 15 is 0 Å². The molecule has 3 nitrogen and oxygen atoms in total. The van der Waals surface area contributed by atoms with E-state index in [0.717, 1.165) is 38.5 Å². The standard InChI is InChI=1S/C24H30O3/c1-3-15-13-16-14-17(25)5-6-18(16)19-7-10-23(4-2)20(22(15)19)8-11-24(23)12-9-21(26)27-24/h3,9,12,14-15,18-20,22H,1,4-8,10-11,13H2,2H3/t15-,18+,19-,20+,22-,23+,24-/m1/s1. The predicted molar refractivity (Wildman–Crippen MR) is 104 cm³/mol. The van der Waals surface area contributed by atoms with Crippen LogP contribution in [0.3, 0.4) is 0 Å². The normalized spacial score (nSPS) is 47.9. The van der Waals surface area contributed by atoms with Crippen molar-refractivity contribution in [3.63, 3.8) is 0 Å². The monoisotopic (exact) mass is 366 g/mol. The lowest BCUT2D eigenvalue weighted by atomic mass is 9.47. The average molecular weight is 367 g/mol. The van der Waals surface area contributed by atoms with E-state index in [1.54, 1.807) is 6.08 Å². The van der Waals surface area contributed by atoms with E-state index in [2.05, 4.69) is 25.7 Å². The second kappa shape index (κ2) is 5.93. The first-order valence-corrected chi connectivity index (χ1v) is 10.8. The van der Waals surface area contributed by atoms with Crippen LogP contribution in [0.25, 0.3) is 0 Å². The van der Waals surface area contributed by atoms with E-state index < -0.39 is 0 Å². The van der Waals surface area contributed by atoms with Crippen LogP contribution in [0, 0.1) is 35.0 Å². The first kappa shape index (κ1) is 17.5. The lowest BCUT2D eigenvalue weighted by Gasteiger charge is -2.58. The molecule has 0 N–H and O–H groups in total. The Morgan fingerprint density at radius 3 is 2.81 bits per heavy atom. The van der Waals surface area contributed by atoms with Crippen molar-refractivity contribution in [1.82, 2.24) is 0 Å². The molecule has 1 spiro atoms. The van der Waals surface area contributed by atoms with E-state index in [9.17, 15) is 9.59 Å². The number of allylic oxidation sites excluding steroid dienone is 2. The zero-order chi connectivity index (χ0) is 18.8. The van der Waals surface area contributed by atoms with Crippen molar-refractivity contribution in [2.24, 2.45) is 35.0 Å². The number of esters is 1. The molecule has 3 saturated carbocycles. The van der Waals surface area contributed by atoms with Gasteiger partial charge in [0.25, 0.3) is 0 Å². The first-order chi connectivity index (χ1) is 13.0. The van der Waals surface area contributed by atoms with Gasteiger partial charge in [0.05, 0.1) is 0 Å². The molecule has 7 atom stereocenters. The number of hydrogen-bond acceptors (Lipinski definition) is 3. The lowest BCUT2D eigenvalue weighted by molar-refractivity contribution is -0.165. The molecule has 3 heteroatoms.